The Morgan fingerprint density at radius 1 is 1.37 bits per heavy atom. The van der Waals surface area contributed by atoms with Crippen LogP contribution in [0.5, 0.6) is 0 Å². The molecular weight excluding hydrogens is 308 g/mol. The second-order valence-electron chi connectivity index (χ2n) is 4.38. The van der Waals surface area contributed by atoms with Crippen molar-refractivity contribution < 1.29 is 9.53 Å². The highest BCUT2D eigenvalue weighted by Crippen LogP contribution is 2.13. The molecule has 0 radical (unpaired) electrons. The maximum atomic E-state index is 11.8. The lowest BCUT2D eigenvalue weighted by atomic mass is 10.2. The zero-order chi connectivity index (χ0) is 14.1. The van der Waals surface area contributed by atoms with Crippen LogP contribution in [0.3, 0.4) is 0 Å². The maximum absolute atomic E-state index is 11.8. The average molecular weight is 329 g/mol. The van der Waals surface area contributed by atoms with Gasteiger partial charge in [-0.25, -0.2) is 0 Å². The molecule has 4 nitrogen and oxygen atoms in total. The average Bonchev–Trinajstić information content (AvgIpc) is 2.39. The quantitative estimate of drug-likeness (QED) is 0.771. The fourth-order valence-corrected chi connectivity index (χ4v) is 2.03. The lowest BCUT2D eigenvalue weighted by Gasteiger charge is -2.16. The Balaban J connectivity index is 2.35. The van der Waals surface area contributed by atoms with Gasteiger partial charge in [0.1, 0.15) is 0 Å². The summed E-state index contributed by atoms with van der Waals surface area (Å²) in [6, 6.07) is 7.74. The maximum Gasteiger partial charge on any atom is 0.238 e. The molecule has 0 saturated heterocycles. The highest BCUT2D eigenvalue weighted by molar-refractivity contribution is 9.10. The van der Waals surface area contributed by atoms with E-state index in [0.717, 1.165) is 23.0 Å². The van der Waals surface area contributed by atoms with Crippen molar-refractivity contribution in [3.8, 4) is 0 Å². The number of carbonyl (C=O) groups is 1. The third kappa shape index (κ3) is 6.71. The van der Waals surface area contributed by atoms with E-state index in [2.05, 4.69) is 33.5 Å². The molecule has 0 aromatic heterocycles. The van der Waals surface area contributed by atoms with Gasteiger partial charge in [-0.15, -0.1) is 0 Å². The smallest absolute Gasteiger partial charge is 0.238 e. The van der Waals surface area contributed by atoms with E-state index in [0.29, 0.717) is 13.2 Å². The third-order valence-corrected chi connectivity index (χ3v) is 3.21. The van der Waals surface area contributed by atoms with Crippen molar-refractivity contribution in [2.24, 2.45) is 0 Å². The predicted octanol–water partition coefficient (Wildman–Crippen LogP) is 2.79. The Labute approximate surface area is 123 Å². The normalized spacial score (nSPS) is 12.2. The summed E-state index contributed by atoms with van der Waals surface area (Å²) in [4.78, 5) is 11.8. The molecule has 0 spiro atoms. The molecule has 5 heteroatoms. The summed E-state index contributed by atoms with van der Waals surface area (Å²) >= 11 is 3.36. The summed E-state index contributed by atoms with van der Waals surface area (Å²) in [5.74, 6) is -0.0421. The minimum Gasteiger partial charge on any atom is -0.383 e. The van der Waals surface area contributed by atoms with E-state index < -0.39 is 0 Å². The van der Waals surface area contributed by atoms with Crippen LogP contribution in [0.4, 0.5) is 5.69 Å². The predicted molar refractivity (Wildman–Crippen MR) is 81.3 cm³/mol. The number of hydrogen-bond acceptors (Lipinski definition) is 3. The van der Waals surface area contributed by atoms with E-state index in [1.165, 1.54) is 0 Å². The Bertz CT molecular complexity index is 376. The highest BCUT2D eigenvalue weighted by atomic mass is 79.9. The number of hydrogen-bond donors (Lipinski definition) is 2. The van der Waals surface area contributed by atoms with Crippen LogP contribution in [0, 0.1) is 0 Å². The number of carbonyl (C=O) groups excluding carboxylic acids is 1. The first-order valence-corrected chi connectivity index (χ1v) is 7.22. The lowest BCUT2D eigenvalue weighted by Crippen LogP contribution is -2.38. The van der Waals surface area contributed by atoms with E-state index >= 15 is 0 Å². The number of benzene rings is 1. The minimum atomic E-state index is -0.0421. The van der Waals surface area contributed by atoms with Gasteiger partial charge in [-0.2, -0.15) is 0 Å². The van der Waals surface area contributed by atoms with Crippen LogP contribution in [0.2, 0.25) is 0 Å². The summed E-state index contributed by atoms with van der Waals surface area (Å²) < 4.78 is 6.11. The van der Waals surface area contributed by atoms with Gasteiger partial charge in [0.2, 0.25) is 5.91 Å². The van der Waals surface area contributed by atoms with E-state index in [-0.39, 0.29) is 11.9 Å². The molecule has 1 atom stereocenters. The second-order valence-corrected chi connectivity index (χ2v) is 5.29. The van der Waals surface area contributed by atoms with Gasteiger partial charge in [-0.3, -0.25) is 4.79 Å². The first-order chi connectivity index (χ1) is 9.15. The summed E-state index contributed by atoms with van der Waals surface area (Å²) in [5, 5.41) is 6.05. The van der Waals surface area contributed by atoms with Crippen molar-refractivity contribution in [1.82, 2.24) is 5.32 Å². The van der Waals surface area contributed by atoms with Crippen LogP contribution in [-0.4, -0.2) is 32.2 Å². The van der Waals surface area contributed by atoms with Crippen molar-refractivity contribution in [3.63, 3.8) is 0 Å². The lowest BCUT2D eigenvalue weighted by molar-refractivity contribution is -0.115. The summed E-state index contributed by atoms with van der Waals surface area (Å²) in [6.07, 6.45) is 2.06. The van der Waals surface area contributed by atoms with Crippen LogP contribution in [-0.2, 0) is 9.53 Å². The van der Waals surface area contributed by atoms with Crippen molar-refractivity contribution in [2.45, 2.75) is 25.8 Å². The molecule has 0 heterocycles. The number of nitrogens with one attached hydrogen (secondary N) is 2. The van der Waals surface area contributed by atoms with Crippen LogP contribution in [0.25, 0.3) is 0 Å². The van der Waals surface area contributed by atoms with Gasteiger partial charge in [-0.1, -0.05) is 29.3 Å². The standard InChI is InChI=1S/C14H21BrN2O2/c1-3-4-13(10-19-2)16-9-14(18)17-12-7-5-11(15)6-8-12/h5-8,13,16H,3-4,9-10H2,1-2H3,(H,17,18). The van der Waals surface area contributed by atoms with Crippen molar-refractivity contribution in [3.05, 3.63) is 28.7 Å². The molecule has 1 amide bonds. The summed E-state index contributed by atoms with van der Waals surface area (Å²) in [5.41, 5.74) is 0.800. The van der Waals surface area contributed by atoms with E-state index in [9.17, 15) is 4.79 Å². The Morgan fingerprint density at radius 2 is 2.05 bits per heavy atom. The van der Waals surface area contributed by atoms with Gasteiger partial charge in [-0.05, 0) is 30.7 Å². The van der Waals surface area contributed by atoms with Crippen LogP contribution < -0.4 is 10.6 Å². The topological polar surface area (TPSA) is 50.4 Å². The van der Waals surface area contributed by atoms with Crippen LogP contribution in [0.1, 0.15) is 19.8 Å². The van der Waals surface area contributed by atoms with Crippen molar-refractivity contribution in [2.75, 3.05) is 25.6 Å². The molecule has 1 unspecified atom stereocenters. The first-order valence-electron chi connectivity index (χ1n) is 6.43. The molecule has 0 fully saturated rings. The molecule has 0 aliphatic heterocycles. The molecule has 1 rings (SSSR count). The fourth-order valence-electron chi connectivity index (χ4n) is 1.77. The zero-order valence-corrected chi connectivity index (χ0v) is 13.0. The molecule has 0 saturated carbocycles. The molecule has 106 valence electrons. The molecule has 1 aromatic carbocycles. The number of amides is 1. The molecule has 2 N–H and O–H groups in total. The molecule has 19 heavy (non-hydrogen) atoms. The highest BCUT2D eigenvalue weighted by Gasteiger charge is 2.09. The summed E-state index contributed by atoms with van der Waals surface area (Å²) in [6.45, 7) is 3.04. The Kier molecular flexibility index (Phi) is 7.70. The molecule has 1 aromatic rings. The van der Waals surface area contributed by atoms with Gasteiger partial charge in [0, 0.05) is 23.3 Å². The first kappa shape index (κ1) is 16.1. The summed E-state index contributed by atoms with van der Waals surface area (Å²) in [7, 11) is 1.67. The number of methoxy groups -OCH3 is 1. The number of anilines is 1. The van der Waals surface area contributed by atoms with Crippen molar-refractivity contribution >= 4 is 27.5 Å². The molecule has 0 aliphatic rings. The molecule has 0 bridgehead atoms. The largest absolute Gasteiger partial charge is 0.383 e. The minimum absolute atomic E-state index is 0.0421. The third-order valence-electron chi connectivity index (χ3n) is 2.68. The van der Waals surface area contributed by atoms with Crippen LogP contribution >= 0.6 is 15.9 Å². The number of rotatable bonds is 8. The monoisotopic (exact) mass is 328 g/mol. The van der Waals surface area contributed by atoms with Crippen molar-refractivity contribution in [1.29, 1.82) is 0 Å². The van der Waals surface area contributed by atoms with Crippen LogP contribution in [0.15, 0.2) is 28.7 Å². The SMILES string of the molecule is CCCC(COC)NCC(=O)Nc1ccc(Br)cc1. The van der Waals surface area contributed by atoms with Gasteiger partial charge < -0.3 is 15.4 Å². The fraction of sp³-hybridized carbons (Fsp3) is 0.500. The number of ether oxygens (including phenoxy) is 1. The van der Waals surface area contributed by atoms with E-state index in [4.69, 9.17) is 4.74 Å². The van der Waals surface area contributed by atoms with E-state index in [1.54, 1.807) is 7.11 Å². The van der Waals surface area contributed by atoms with Gasteiger partial charge >= 0.3 is 0 Å². The Hall–Kier alpha value is -0.910. The molecular formula is C14H21BrN2O2. The molecule has 0 aliphatic carbocycles. The van der Waals surface area contributed by atoms with Gasteiger partial charge in [0.05, 0.1) is 13.2 Å². The second kappa shape index (κ2) is 9.07. The number of halogens is 1. The van der Waals surface area contributed by atoms with E-state index in [1.807, 2.05) is 24.3 Å². The Morgan fingerprint density at radius 3 is 2.63 bits per heavy atom. The van der Waals surface area contributed by atoms with Gasteiger partial charge in [0.25, 0.3) is 0 Å². The zero-order valence-electron chi connectivity index (χ0n) is 11.4. The van der Waals surface area contributed by atoms with Gasteiger partial charge in [0.15, 0.2) is 0 Å².